The molecule has 116 valence electrons. The van der Waals surface area contributed by atoms with Gasteiger partial charge in [0.25, 0.3) is 5.91 Å². The van der Waals surface area contributed by atoms with Gasteiger partial charge in [-0.1, -0.05) is 41.9 Å². The highest BCUT2D eigenvalue weighted by Gasteiger charge is 2.08. The quantitative estimate of drug-likeness (QED) is 0.724. The first-order valence-electron chi connectivity index (χ1n) is 7.20. The minimum atomic E-state index is -0.492. The number of halogens is 1. The summed E-state index contributed by atoms with van der Waals surface area (Å²) in [6.07, 6.45) is 0.999. The summed E-state index contributed by atoms with van der Waals surface area (Å²) in [5, 5.41) is 2.84. The normalized spacial score (nSPS) is 10.4. The van der Waals surface area contributed by atoms with Crippen molar-refractivity contribution in [3.05, 3.63) is 64.7 Å². The maximum absolute atomic E-state index is 10.8. The van der Waals surface area contributed by atoms with Crippen LogP contribution in [0.5, 0.6) is 5.75 Å². The number of carbonyl (C=O) groups excluding carboxylic acids is 1. The number of ether oxygens (including phenoxy) is 1. The molecule has 0 spiro atoms. The molecule has 5 heteroatoms. The number of benzene rings is 2. The van der Waals surface area contributed by atoms with Gasteiger partial charge in [0.05, 0.1) is 6.54 Å². The highest BCUT2D eigenvalue weighted by molar-refractivity contribution is 6.30. The number of hydrogen-bond donors (Lipinski definition) is 2. The van der Waals surface area contributed by atoms with Crippen LogP contribution in [-0.2, 0) is 17.8 Å². The molecule has 0 aliphatic rings. The van der Waals surface area contributed by atoms with E-state index in [2.05, 4.69) is 17.4 Å². The van der Waals surface area contributed by atoms with Crippen LogP contribution in [0.1, 0.15) is 11.1 Å². The van der Waals surface area contributed by atoms with Crippen molar-refractivity contribution in [2.75, 3.05) is 13.2 Å². The summed E-state index contributed by atoms with van der Waals surface area (Å²) < 4.78 is 5.42. The zero-order valence-corrected chi connectivity index (χ0v) is 13.1. The van der Waals surface area contributed by atoms with Crippen molar-refractivity contribution in [3.8, 4) is 5.75 Å². The average molecular weight is 320 g/mol. The van der Waals surface area contributed by atoms with Crippen LogP contribution in [0.4, 0.5) is 0 Å². The SMILES string of the molecule is NC(=O)COc1ccc(Cl)cc1C[NH2+]CCc1ccccc1. The van der Waals surface area contributed by atoms with E-state index >= 15 is 0 Å². The van der Waals surface area contributed by atoms with Crippen molar-refractivity contribution in [1.82, 2.24) is 0 Å². The lowest BCUT2D eigenvalue weighted by Gasteiger charge is -2.10. The maximum Gasteiger partial charge on any atom is 0.255 e. The fourth-order valence-corrected chi connectivity index (χ4v) is 2.36. The van der Waals surface area contributed by atoms with Crippen LogP contribution < -0.4 is 15.8 Å². The zero-order chi connectivity index (χ0) is 15.8. The zero-order valence-electron chi connectivity index (χ0n) is 12.3. The molecule has 2 aromatic carbocycles. The first-order valence-corrected chi connectivity index (χ1v) is 7.58. The number of amides is 1. The number of quaternary nitrogens is 1. The van der Waals surface area contributed by atoms with Gasteiger partial charge in [-0.15, -0.1) is 0 Å². The minimum Gasteiger partial charge on any atom is -0.483 e. The summed E-state index contributed by atoms with van der Waals surface area (Å²) in [6.45, 7) is 1.58. The van der Waals surface area contributed by atoms with Gasteiger partial charge >= 0.3 is 0 Å². The molecule has 0 atom stereocenters. The van der Waals surface area contributed by atoms with Gasteiger partial charge < -0.3 is 15.8 Å². The lowest BCUT2D eigenvalue weighted by molar-refractivity contribution is -0.670. The van der Waals surface area contributed by atoms with Crippen molar-refractivity contribution in [1.29, 1.82) is 0 Å². The third-order valence-corrected chi connectivity index (χ3v) is 3.47. The van der Waals surface area contributed by atoms with E-state index in [1.807, 2.05) is 24.3 Å². The Hall–Kier alpha value is -2.04. The molecule has 4 N–H and O–H groups in total. The molecule has 0 bridgehead atoms. The largest absolute Gasteiger partial charge is 0.483 e. The Morgan fingerprint density at radius 2 is 1.95 bits per heavy atom. The van der Waals surface area contributed by atoms with Crippen LogP contribution in [0.15, 0.2) is 48.5 Å². The molecule has 2 rings (SSSR count). The molecule has 0 saturated heterocycles. The molecule has 1 amide bonds. The molecule has 0 aliphatic heterocycles. The van der Waals surface area contributed by atoms with E-state index in [9.17, 15) is 4.79 Å². The predicted octanol–water partition coefficient (Wildman–Crippen LogP) is 1.51. The van der Waals surface area contributed by atoms with E-state index in [1.54, 1.807) is 12.1 Å². The topological polar surface area (TPSA) is 68.9 Å². The Morgan fingerprint density at radius 1 is 1.18 bits per heavy atom. The summed E-state index contributed by atoms with van der Waals surface area (Å²) in [5.41, 5.74) is 7.38. The minimum absolute atomic E-state index is 0.126. The van der Waals surface area contributed by atoms with Gasteiger partial charge in [-0.25, -0.2) is 0 Å². The number of rotatable bonds is 8. The fraction of sp³-hybridized carbons (Fsp3) is 0.235. The second kappa shape index (κ2) is 8.41. The standard InChI is InChI=1S/C17H19ClN2O2/c18-15-6-7-16(22-12-17(19)21)14(10-15)11-20-9-8-13-4-2-1-3-5-13/h1-7,10,20H,8-9,11-12H2,(H2,19,21)/p+1. The van der Waals surface area contributed by atoms with Crippen LogP contribution in [-0.4, -0.2) is 19.1 Å². The van der Waals surface area contributed by atoms with E-state index < -0.39 is 5.91 Å². The summed E-state index contributed by atoms with van der Waals surface area (Å²) >= 11 is 6.03. The molecule has 0 fully saturated rings. The van der Waals surface area contributed by atoms with Crippen LogP contribution in [0.2, 0.25) is 5.02 Å². The van der Waals surface area contributed by atoms with E-state index in [4.69, 9.17) is 22.1 Å². The lowest BCUT2D eigenvalue weighted by Crippen LogP contribution is -2.83. The lowest BCUT2D eigenvalue weighted by atomic mass is 10.1. The molecule has 22 heavy (non-hydrogen) atoms. The van der Waals surface area contributed by atoms with Crippen molar-refractivity contribution in [3.63, 3.8) is 0 Å². The Morgan fingerprint density at radius 3 is 2.68 bits per heavy atom. The maximum atomic E-state index is 10.8. The van der Waals surface area contributed by atoms with Crippen molar-refractivity contribution < 1.29 is 14.8 Å². The molecule has 4 nitrogen and oxygen atoms in total. The number of carbonyl (C=O) groups is 1. The predicted molar refractivity (Wildman–Crippen MR) is 86.8 cm³/mol. The highest BCUT2D eigenvalue weighted by Crippen LogP contribution is 2.22. The monoisotopic (exact) mass is 319 g/mol. The molecule has 0 aliphatic carbocycles. The first-order chi connectivity index (χ1) is 10.6. The Kier molecular flexibility index (Phi) is 6.25. The van der Waals surface area contributed by atoms with Gasteiger partial charge in [-0.3, -0.25) is 4.79 Å². The summed E-state index contributed by atoms with van der Waals surface area (Å²) in [5.74, 6) is 0.160. The molecule has 0 saturated carbocycles. The number of nitrogens with two attached hydrogens (primary N) is 2. The third kappa shape index (κ3) is 5.39. The van der Waals surface area contributed by atoms with Gasteiger partial charge in [0.1, 0.15) is 12.3 Å². The smallest absolute Gasteiger partial charge is 0.255 e. The van der Waals surface area contributed by atoms with Crippen molar-refractivity contribution >= 4 is 17.5 Å². The molecule has 0 heterocycles. The summed E-state index contributed by atoms with van der Waals surface area (Å²) in [7, 11) is 0. The summed E-state index contributed by atoms with van der Waals surface area (Å²) in [4.78, 5) is 10.8. The fourth-order valence-electron chi connectivity index (χ4n) is 2.17. The molecule has 0 radical (unpaired) electrons. The molecule has 0 aromatic heterocycles. The van der Waals surface area contributed by atoms with Crippen LogP contribution in [0.25, 0.3) is 0 Å². The third-order valence-electron chi connectivity index (χ3n) is 3.24. The number of primary amides is 1. The molecular formula is C17H20ClN2O2+. The molecular weight excluding hydrogens is 300 g/mol. The van der Waals surface area contributed by atoms with E-state index in [0.29, 0.717) is 10.8 Å². The Labute approximate surface area is 135 Å². The first kappa shape index (κ1) is 16.3. The van der Waals surface area contributed by atoms with Crippen LogP contribution in [0, 0.1) is 0 Å². The van der Waals surface area contributed by atoms with Gasteiger partial charge in [0.2, 0.25) is 0 Å². The van der Waals surface area contributed by atoms with Gasteiger partial charge in [-0.2, -0.15) is 0 Å². The van der Waals surface area contributed by atoms with Gasteiger partial charge in [0.15, 0.2) is 6.61 Å². The van der Waals surface area contributed by atoms with Crippen LogP contribution in [0.3, 0.4) is 0 Å². The summed E-state index contributed by atoms with van der Waals surface area (Å²) in [6, 6.07) is 15.7. The molecule has 0 unspecified atom stereocenters. The van der Waals surface area contributed by atoms with Crippen molar-refractivity contribution in [2.24, 2.45) is 5.73 Å². The average Bonchev–Trinajstić information content (AvgIpc) is 2.51. The highest BCUT2D eigenvalue weighted by atomic mass is 35.5. The second-order valence-corrected chi connectivity index (χ2v) is 5.46. The van der Waals surface area contributed by atoms with Gasteiger partial charge in [-0.05, 0) is 23.8 Å². The van der Waals surface area contributed by atoms with E-state index in [0.717, 1.165) is 25.1 Å². The van der Waals surface area contributed by atoms with E-state index in [1.165, 1.54) is 5.56 Å². The number of hydrogen-bond acceptors (Lipinski definition) is 2. The second-order valence-electron chi connectivity index (χ2n) is 5.02. The Bertz CT molecular complexity index is 617. The van der Waals surface area contributed by atoms with Crippen LogP contribution >= 0.6 is 11.6 Å². The van der Waals surface area contributed by atoms with E-state index in [-0.39, 0.29) is 6.61 Å². The van der Waals surface area contributed by atoms with Gasteiger partial charge in [0, 0.05) is 17.0 Å². The van der Waals surface area contributed by atoms with Crippen molar-refractivity contribution in [2.45, 2.75) is 13.0 Å². The molecule has 2 aromatic rings. The Balaban J connectivity index is 1.88.